The fourth-order valence-corrected chi connectivity index (χ4v) is 4.43. The highest BCUT2D eigenvalue weighted by atomic mass is 14.2. The molecule has 0 fully saturated rings. The van der Waals surface area contributed by atoms with Crippen molar-refractivity contribution >= 4 is 0 Å². The standard InChI is InChI=1S/C34H30/c1-34(2,3)33-19-11-18-29(24-33)27-16-10-17-28(20-27)32-22-30(25-12-6-4-7-13-25)21-31(23-32)26-14-8-5-9-15-26/h4-24H,1-3H3. The molecule has 0 spiro atoms. The van der Waals surface area contributed by atoms with Crippen LogP contribution in [0.15, 0.2) is 127 Å². The molecule has 5 aromatic carbocycles. The van der Waals surface area contributed by atoms with Gasteiger partial charge in [0.2, 0.25) is 0 Å². The van der Waals surface area contributed by atoms with E-state index in [2.05, 4.69) is 148 Å². The Morgan fingerprint density at radius 1 is 0.324 bits per heavy atom. The van der Waals surface area contributed by atoms with Gasteiger partial charge in [0, 0.05) is 0 Å². The van der Waals surface area contributed by atoms with Gasteiger partial charge in [-0.05, 0) is 79.8 Å². The molecular weight excluding hydrogens is 408 g/mol. The average Bonchev–Trinajstić information content (AvgIpc) is 2.89. The molecule has 5 aromatic rings. The van der Waals surface area contributed by atoms with Gasteiger partial charge in [0.05, 0.1) is 0 Å². The molecule has 0 radical (unpaired) electrons. The van der Waals surface area contributed by atoms with E-state index in [-0.39, 0.29) is 5.41 Å². The van der Waals surface area contributed by atoms with Crippen LogP contribution in [0.4, 0.5) is 0 Å². The minimum Gasteiger partial charge on any atom is -0.0622 e. The van der Waals surface area contributed by atoms with E-state index in [9.17, 15) is 0 Å². The van der Waals surface area contributed by atoms with Crippen LogP contribution in [-0.2, 0) is 5.41 Å². The van der Waals surface area contributed by atoms with Crippen molar-refractivity contribution in [1.29, 1.82) is 0 Å². The molecule has 166 valence electrons. The summed E-state index contributed by atoms with van der Waals surface area (Å²) in [4.78, 5) is 0. The molecule has 0 N–H and O–H groups in total. The van der Waals surface area contributed by atoms with Crippen molar-refractivity contribution in [3.63, 3.8) is 0 Å². The van der Waals surface area contributed by atoms with Gasteiger partial charge in [0.25, 0.3) is 0 Å². The molecule has 34 heavy (non-hydrogen) atoms. The molecule has 0 unspecified atom stereocenters. The van der Waals surface area contributed by atoms with Gasteiger partial charge in [-0.15, -0.1) is 0 Å². The first-order valence-electron chi connectivity index (χ1n) is 11.9. The minimum atomic E-state index is 0.127. The fraction of sp³-hybridized carbons (Fsp3) is 0.118. The predicted molar refractivity (Wildman–Crippen MR) is 147 cm³/mol. The van der Waals surface area contributed by atoms with E-state index in [1.165, 1.54) is 50.1 Å². The molecule has 0 aromatic heterocycles. The molecule has 0 saturated carbocycles. The van der Waals surface area contributed by atoms with E-state index in [1.54, 1.807) is 0 Å². The van der Waals surface area contributed by atoms with Gasteiger partial charge in [-0.2, -0.15) is 0 Å². The zero-order chi connectivity index (χ0) is 23.5. The summed E-state index contributed by atoms with van der Waals surface area (Å²) < 4.78 is 0. The second-order valence-corrected chi connectivity index (χ2v) is 9.94. The molecular formula is C34H30. The highest BCUT2D eigenvalue weighted by Crippen LogP contribution is 2.35. The summed E-state index contributed by atoms with van der Waals surface area (Å²) >= 11 is 0. The van der Waals surface area contributed by atoms with E-state index in [4.69, 9.17) is 0 Å². The third-order valence-electron chi connectivity index (χ3n) is 6.41. The zero-order valence-corrected chi connectivity index (χ0v) is 20.1. The van der Waals surface area contributed by atoms with Crippen molar-refractivity contribution in [2.75, 3.05) is 0 Å². The number of hydrogen-bond donors (Lipinski definition) is 0. The molecule has 0 heterocycles. The van der Waals surface area contributed by atoms with Gasteiger partial charge in [-0.1, -0.05) is 124 Å². The Kier molecular flexibility index (Phi) is 5.90. The molecule has 0 heteroatoms. The topological polar surface area (TPSA) is 0 Å². The Balaban J connectivity index is 1.63. The van der Waals surface area contributed by atoms with Crippen LogP contribution >= 0.6 is 0 Å². The molecule has 0 aliphatic heterocycles. The molecule has 0 amide bonds. The number of hydrogen-bond acceptors (Lipinski definition) is 0. The summed E-state index contributed by atoms with van der Waals surface area (Å²) in [7, 11) is 0. The Morgan fingerprint density at radius 3 is 1.18 bits per heavy atom. The first kappa shape index (κ1) is 21.9. The maximum Gasteiger partial charge on any atom is -0.0132 e. The van der Waals surface area contributed by atoms with Gasteiger partial charge in [0.1, 0.15) is 0 Å². The second-order valence-electron chi connectivity index (χ2n) is 9.94. The summed E-state index contributed by atoms with van der Waals surface area (Å²) in [5, 5.41) is 0. The predicted octanol–water partition coefficient (Wildman–Crippen LogP) is 9.65. The van der Waals surface area contributed by atoms with Crippen LogP contribution in [0.5, 0.6) is 0 Å². The van der Waals surface area contributed by atoms with Crippen LogP contribution in [0.1, 0.15) is 26.3 Å². The lowest BCUT2D eigenvalue weighted by atomic mass is 9.85. The van der Waals surface area contributed by atoms with Crippen LogP contribution < -0.4 is 0 Å². The largest absolute Gasteiger partial charge is 0.0622 e. The van der Waals surface area contributed by atoms with Crippen LogP contribution in [0.2, 0.25) is 0 Å². The molecule has 5 rings (SSSR count). The second kappa shape index (κ2) is 9.15. The Hall–Kier alpha value is -3.90. The maximum absolute atomic E-state index is 2.33. The Labute approximate surface area is 203 Å². The summed E-state index contributed by atoms with van der Waals surface area (Å²) in [5.74, 6) is 0. The van der Waals surface area contributed by atoms with Crippen molar-refractivity contribution in [3.05, 3.63) is 133 Å². The van der Waals surface area contributed by atoms with Crippen LogP contribution in [0.25, 0.3) is 44.5 Å². The van der Waals surface area contributed by atoms with E-state index in [0.717, 1.165) is 0 Å². The molecule has 0 atom stereocenters. The molecule has 0 saturated heterocycles. The fourth-order valence-electron chi connectivity index (χ4n) is 4.43. The van der Waals surface area contributed by atoms with Gasteiger partial charge in [-0.25, -0.2) is 0 Å². The lowest BCUT2D eigenvalue weighted by Gasteiger charge is -2.20. The summed E-state index contributed by atoms with van der Waals surface area (Å²) in [6.45, 7) is 6.80. The summed E-state index contributed by atoms with van der Waals surface area (Å²) in [6.07, 6.45) is 0. The Bertz CT molecular complexity index is 1350. The van der Waals surface area contributed by atoms with Crippen molar-refractivity contribution in [2.45, 2.75) is 26.2 Å². The summed E-state index contributed by atoms with van der Waals surface area (Å²) in [6, 6.07) is 46.1. The molecule has 0 aliphatic carbocycles. The lowest BCUT2D eigenvalue weighted by molar-refractivity contribution is 0.590. The minimum absolute atomic E-state index is 0.127. The average molecular weight is 439 g/mol. The smallest absolute Gasteiger partial charge is 0.0132 e. The Morgan fingerprint density at radius 2 is 0.676 bits per heavy atom. The SMILES string of the molecule is CC(C)(C)c1cccc(-c2cccc(-c3cc(-c4ccccc4)cc(-c4ccccc4)c3)c2)c1. The zero-order valence-electron chi connectivity index (χ0n) is 20.1. The van der Waals surface area contributed by atoms with Crippen molar-refractivity contribution in [1.82, 2.24) is 0 Å². The number of rotatable bonds is 4. The van der Waals surface area contributed by atoms with Crippen LogP contribution in [-0.4, -0.2) is 0 Å². The summed E-state index contributed by atoms with van der Waals surface area (Å²) in [5.41, 5.74) is 11.4. The third kappa shape index (κ3) is 4.72. The molecule has 0 nitrogen and oxygen atoms in total. The van der Waals surface area contributed by atoms with Crippen LogP contribution in [0.3, 0.4) is 0 Å². The normalized spacial score (nSPS) is 11.4. The molecule has 0 bridgehead atoms. The van der Waals surface area contributed by atoms with Gasteiger partial charge >= 0.3 is 0 Å². The first-order valence-corrected chi connectivity index (χ1v) is 11.9. The van der Waals surface area contributed by atoms with Gasteiger partial charge in [-0.3, -0.25) is 0 Å². The number of benzene rings is 5. The van der Waals surface area contributed by atoms with Crippen molar-refractivity contribution in [2.24, 2.45) is 0 Å². The monoisotopic (exact) mass is 438 g/mol. The van der Waals surface area contributed by atoms with Crippen LogP contribution in [0, 0.1) is 0 Å². The van der Waals surface area contributed by atoms with E-state index >= 15 is 0 Å². The first-order chi connectivity index (χ1) is 16.5. The van der Waals surface area contributed by atoms with E-state index in [0.29, 0.717) is 0 Å². The van der Waals surface area contributed by atoms with Gasteiger partial charge in [0.15, 0.2) is 0 Å². The van der Waals surface area contributed by atoms with E-state index in [1.807, 2.05) is 0 Å². The highest BCUT2D eigenvalue weighted by molar-refractivity contribution is 5.82. The third-order valence-corrected chi connectivity index (χ3v) is 6.41. The molecule has 0 aliphatic rings. The maximum atomic E-state index is 2.33. The van der Waals surface area contributed by atoms with Crippen molar-refractivity contribution < 1.29 is 0 Å². The highest BCUT2D eigenvalue weighted by Gasteiger charge is 2.14. The van der Waals surface area contributed by atoms with Crippen molar-refractivity contribution in [3.8, 4) is 44.5 Å². The van der Waals surface area contributed by atoms with Gasteiger partial charge < -0.3 is 0 Å². The quantitative estimate of drug-likeness (QED) is 0.262. The lowest BCUT2D eigenvalue weighted by Crippen LogP contribution is -2.10. The van der Waals surface area contributed by atoms with E-state index < -0.39 is 0 Å².